The van der Waals surface area contributed by atoms with E-state index in [1.54, 1.807) is 6.08 Å². The van der Waals surface area contributed by atoms with Crippen LogP contribution in [0.2, 0.25) is 0 Å². The van der Waals surface area contributed by atoms with Crippen LogP contribution in [0.15, 0.2) is 12.2 Å². The van der Waals surface area contributed by atoms with Crippen LogP contribution >= 0.6 is 0 Å². The summed E-state index contributed by atoms with van der Waals surface area (Å²) in [5.41, 5.74) is 4.33. The van der Waals surface area contributed by atoms with Crippen LogP contribution in [0.5, 0.6) is 0 Å². The summed E-state index contributed by atoms with van der Waals surface area (Å²) >= 11 is 0. The van der Waals surface area contributed by atoms with Gasteiger partial charge < -0.3 is 10.8 Å². The van der Waals surface area contributed by atoms with Crippen molar-refractivity contribution in [3.8, 4) is 0 Å². The number of carboxylic acids is 1. The molecule has 0 saturated carbocycles. The van der Waals surface area contributed by atoms with Crippen molar-refractivity contribution in [1.29, 1.82) is 0 Å². The van der Waals surface area contributed by atoms with E-state index in [0.29, 0.717) is 0 Å². The van der Waals surface area contributed by atoms with Crippen LogP contribution in [0, 0.1) is 0 Å². The highest BCUT2D eigenvalue weighted by Gasteiger charge is 2.23. The van der Waals surface area contributed by atoms with E-state index in [1.807, 2.05) is 6.08 Å². The number of rotatable bonds is 9. The molecule has 3 N–H and O–H groups in total. The normalized spacial score (nSPS) is 15.2. The van der Waals surface area contributed by atoms with Crippen molar-refractivity contribution in [2.75, 3.05) is 0 Å². The minimum atomic E-state index is -1.22. The van der Waals surface area contributed by atoms with E-state index >= 15 is 0 Å². The Morgan fingerprint density at radius 2 is 1.81 bits per heavy atom. The van der Waals surface area contributed by atoms with Crippen molar-refractivity contribution in [1.82, 2.24) is 0 Å². The lowest BCUT2D eigenvalue weighted by Crippen LogP contribution is -2.42. The highest BCUT2D eigenvalue weighted by atomic mass is 16.4. The summed E-state index contributed by atoms with van der Waals surface area (Å²) in [6.07, 6.45) is 11.9. The number of hydrogen-bond donors (Lipinski definition) is 2. The molecule has 16 heavy (non-hydrogen) atoms. The molecule has 0 amide bonds. The van der Waals surface area contributed by atoms with E-state index in [1.165, 1.54) is 39.0 Å². The summed E-state index contributed by atoms with van der Waals surface area (Å²) in [4.78, 5) is 10.7. The lowest BCUT2D eigenvalue weighted by Gasteiger charge is -2.13. The maximum atomic E-state index is 10.7. The molecule has 0 aromatic carbocycles. The van der Waals surface area contributed by atoms with Crippen LogP contribution in [-0.4, -0.2) is 16.6 Å². The van der Waals surface area contributed by atoms with Gasteiger partial charge in [0.05, 0.1) is 0 Å². The first kappa shape index (κ1) is 15.2. The summed E-state index contributed by atoms with van der Waals surface area (Å²) in [5.74, 6) is -0.980. The maximum Gasteiger partial charge on any atom is 0.327 e. The van der Waals surface area contributed by atoms with Gasteiger partial charge in [-0.15, -0.1) is 0 Å². The molecule has 94 valence electrons. The Bertz CT molecular complexity index is 222. The van der Waals surface area contributed by atoms with Gasteiger partial charge in [0.25, 0.3) is 0 Å². The number of unbranched alkanes of at least 4 members (excludes halogenated alkanes) is 6. The second-order valence-corrected chi connectivity index (χ2v) is 4.55. The molecule has 0 aliphatic rings. The Morgan fingerprint density at radius 3 is 2.38 bits per heavy atom. The van der Waals surface area contributed by atoms with E-state index in [-0.39, 0.29) is 0 Å². The van der Waals surface area contributed by atoms with Crippen LogP contribution in [-0.2, 0) is 4.79 Å². The van der Waals surface area contributed by atoms with Crippen molar-refractivity contribution in [3.63, 3.8) is 0 Å². The third-order valence-corrected chi connectivity index (χ3v) is 2.65. The summed E-state index contributed by atoms with van der Waals surface area (Å²) in [6, 6.07) is 0. The van der Waals surface area contributed by atoms with E-state index in [0.717, 1.165) is 12.8 Å². The largest absolute Gasteiger partial charge is 0.480 e. The van der Waals surface area contributed by atoms with Crippen molar-refractivity contribution >= 4 is 5.97 Å². The number of carbonyl (C=O) groups is 1. The van der Waals surface area contributed by atoms with Gasteiger partial charge in [-0.3, -0.25) is 0 Å². The zero-order valence-corrected chi connectivity index (χ0v) is 10.5. The quantitative estimate of drug-likeness (QED) is 0.470. The average molecular weight is 227 g/mol. The van der Waals surface area contributed by atoms with Crippen LogP contribution in [0.4, 0.5) is 0 Å². The molecule has 3 heteroatoms. The number of nitrogens with two attached hydrogens (primary N) is 1. The Hall–Kier alpha value is -0.830. The highest BCUT2D eigenvalue weighted by molar-refractivity contribution is 5.80. The zero-order chi connectivity index (χ0) is 12.4. The number of hydrogen-bond acceptors (Lipinski definition) is 2. The van der Waals surface area contributed by atoms with Gasteiger partial charge in [-0.2, -0.15) is 0 Å². The first-order chi connectivity index (χ1) is 7.50. The van der Waals surface area contributed by atoms with E-state index < -0.39 is 11.5 Å². The molecule has 0 unspecified atom stereocenters. The summed E-state index contributed by atoms with van der Waals surface area (Å²) < 4.78 is 0. The van der Waals surface area contributed by atoms with E-state index in [2.05, 4.69) is 6.92 Å². The molecule has 0 bridgehead atoms. The number of aliphatic carboxylic acids is 1. The average Bonchev–Trinajstić information content (AvgIpc) is 2.21. The molecule has 0 spiro atoms. The molecular weight excluding hydrogens is 202 g/mol. The Morgan fingerprint density at radius 1 is 1.25 bits per heavy atom. The monoisotopic (exact) mass is 227 g/mol. The van der Waals surface area contributed by atoms with Crippen LogP contribution in [0.3, 0.4) is 0 Å². The Kier molecular flexibility index (Phi) is 7.90. The van der Waals surface area contributed by atoms with Gasteiger partial charge in [-0.25, -0.2) is 4.79 Å². The zero-order valence-electron chi connectivity index (χ0n) is 10.5. The standard InChI is InChI=1S/C13H25NO2/c1-3-4-5-6-7-8-9-10-11-13(2,14)12(15)16/h10-11H,3-9,14H2,1-2H3,(H,15,16)/t13-/m1/s1. The minimum absolute atomic E-state index is 0.923. The third-order valence-electron chi connectivity index (χ3n) is 2.65. The Balaban J connectivity index is 3.51. The molecule has 0 fully saturated rings. The predicted molar refractivity (Wildman–Crippen MR) is 67.4 cm³/mol. The van der Waals surface area contributed by atoms with Crippen LogP contribution in [0.25, 0.3) is 0 Å². The smallest absolute Gasteiger partial charge is 0.327 e. The molecule has 0 aliphatic carbocycles. The van der Waals surface area contributed by atoms with E-state index in [9.17, 15) is 4.79 Å². The summed E-state index contributed by atoms with van der Waals surface area (Å²) in [5, 5.41) is 8.76. The molecule has 0 rings (SSSR count). The lowest BCUT2D eigenvalue weighted by atomic mass is 10.0. The molecule has 0 saturated heterocycles. The molecule has 3 nitrogen and oxygen atoms in total. The van der Waals surface area contributed by atoms with Crippen LogP contribution in [0.1, 0.15) is 58.8 Å². The fraction of sp³-hybridized carbons (Fsp3) is 0.769. The van der Waals surface area contributed by atoms with Crippen LogP contribution < -0.4 is 5.73 Å². The van der Waals surface area contributed by atoms with Crippen molar-refractivity contribution < 1.29 is 9.90 Å². The first-order valence-corrected chi connectivity index (χ1v) is 6.20. The van der Waals surface area contributed by atoms with Crippen molar-refractivity contribution in [3.05, 3.63) is 12.2 Å². The minimum Gasteiger partial charge on any atom is -0.480 e. The van der Waals surface area contributed by atoms with Crippen molar-refractivity contribution in [2.24, 2.45) is 5.73 Å². The van der Waals surface area contributed by atoms with Gasteiger partial charge in [-0.05, 0) is 19.8 Å². The summed E-state index contributed by atoms with van der Waals surface area (Å²) in [6.45, 7) is 3.71. The second kappa shape index (κ2) is 8.34. The maximum absolute atomic E-state index is 10.7. The predicted octanol–water partition coefficient (Wildman–Crippen LogP) is 3.10. The van der Waals surface area contributed by atoms with Gasteiger partial charge in [0.1, 0.15) is 5.54 Å². The van der Waals surface area contributed by atoms with Gasteiger partial charge in [-0.1, -0.05) is 51.2 Å². The number of carboxylic acid groups (broad SMARTS) is 1. The topological polar surface area (TPSA) is 63.3 Å². The van der Waals surface area contributed by atoms with Gasteiger partial charge >= 0.3 is 5.97 Å². The fourth-order valence-corrected chi connectivity index (χ4v) is 1.44. The second-order valence-electron chi connectivity index (χ2n) is 4.55. The highest BCUT2D eigenvalue weighted by Crippen LogP contribution is 2.08. The Labute approximate surface area is 98.7 Å². The molecule has 0 aromatic heterocycles. The van der Waals surface area contributed by atoms with E-state index in [4.69, 9.17) is 10.8 Å². The lowest BCUT2D eigenvalue weighted by molar-refractivity contribution is -0.140. The SMILES string of the molecule is CCCCCCCCC=C[C@@](C)(N)C(=O)O. The van der Waals surface area contributed by atoms with Gasteiger partial charge in [0, 0.05) is 0 Å². The van der Waals surface area contributed by atoms with Crippen molar-refractivity contribution in [2.45, 2.75) is 64.3 Å². The molecule has 0 aromatic rings. The summed E-state index contributed by atoms with van der Waals surface area (Å²) in [7, 11) is 0. The van der Waals surface area contributed by atoms with Gasteiger partial charge in [0.2, 0.25) is 0 Å². The molecule has 1 atom stereocenters. The molecule has 0 aliphatic heterocycles. The number of allylic oxidation sites excluding steroid dienone is 1. The first-order valence-electron chi connectivity index (χ1n) is 6.20. The third kappa shape index (κ3) is 7.46. The molecule has 0 radical (unpaired) electrons. The fourth-order valence-electron chi connectivity index (χ4n) is 1.44. The molecular formula is C13H25NO2. The van der Waals surface area contributed by atoms with Gasteiger partial charge in [0.15, 0.2) is 0 Å². The molecule has 0 heterocycles.